The highest BCUT2D eigenvalue weighted by molar-refractivity contribution is 7.84. The summed E-state index contributed by atoms with van der Waals surface area (Å²) in [7, 11) is -1.41. The maximum absolute atomic E-state index is 12.0. The lowest BCUT2D eigenvalue weighted by Gasteiger charge is -2.30. The number of aromatic nitrogens is 4. The van der Waals surface area contributed by atoms with E-state index in [2.05, 4.69) is 21.5 Å². The van der Waals surface area contributed by atoms with E-state index < -0.39 is 40.9 Å². The van der Waals surface area contributed by atoms with Gasteiger partial charge in [-0.15, -0.1) is 6.58 Å². The molecule has 2 aromatic rings. The van der Waals surface area contributed by atoms with E-state index in [1.165, 1.54) is 37.4 Å². The molecule has 2 aromatic heterocycles. The van der Waals surface area contributed by atoms with Gasteiger partial charge in [0, 0.05) is 14.1 Å². The summed E-state index contributed by atoms with van der Waals surface area (Å²) in [5.74, 6) is 0.148. The first-order valence-corrected chi connectivity index (χ1v) is 9.64. The van der Waals surface area contributed by atoms with Gasteiger partial charge in [-0.1, -0.05) is 6.08 Å². The molecular weight excluding hydrogens is 392 g/mol. The smallest absolute Gasteiger partial charge is 0.337 e. The number of aliphatic hydroxyl groups excluding tert-OH is 2. The molecule has 0 saturated carbocycles. The van der Waals surface area contributed by atoms with Crippen molar-refractivity contribution in [3.8, 4) is 0 Å². The van der Waals surface area contributed by atoms with Crippen molar-refractivity contribution in [1.82, 2.24) is 23.8 Å². The first kappa shape index (κ1) is 20.6. The van der Waals surface area contributed by atoms with Crippen molar-refractivity contribution in [2.45, 2.75) is 30.5 Å². The van der Waals surface area contributed by atoms with Gasteiger partial charge in [-0.2, -0.15) is 12.7 Å². The Labute approximate surface area is 161 Å². The fourth-order valence-electron chi connectivity index (χ4n) is 3.00. The molecule has 0 aliphatic carbocycles. The lowest BCUT2D eigenvalue weighted by Crippen LogP contribution is -2.47. The van der Waals surface area contributed by atoms with E-state index in [4.69, 9.17) is 14.7 Å². The molecule has 1 aliphatic rings. The minimum Gasteiger partial charge on any atom is -0.387 e. The van der Waals surface area contributed by atoms with Gasteiger partial charge in [0.15, 0.2) is 17.7 Å². The highest BCUT2D eigenvalue weighted by atomic mass is 32.2. The number of anilines is 1. The Kier molecular flexibility index (Phi) is 5.40. The van der Waals surface area contributed by atoms with Crippen LogP contribution < -0.4 is 5.73 Å². The van der Waals surface area contributed by atoms with Crippen molar-refractivity contribution in [1.29, 1.82) is 0 Å². The van der Waals surface area contributed by atoms with Crippen molar-refractivity contribution >= 4 is 27.3 Å². The number of hydrogen-bond donors (Lipinski definition) is 3. The number of hydrogen-bond acceptors (Lipinski definition) is 10. The Morgan fingerprint density at radius 2 is 2.14 bits per heavy atom. The normalized spacial score (nSPS) is 28.2. The van der Waals surface area contributed by atoms with Crippen molar-refractivity contribution in [2.75, 3.05) is 26.4 Å². The van der Waals surface area contributed by atoms with Gasteiger partial charge in [0.25, 0.3) is 0 Å². The summed E-state index contributed by atoms with van der Waals surface area (Å²) in [6.07, 6.45) is 0.0447. The summed E-state index contributed by atoms with van der Waals surface area (Å²) in [6, 6.07) is 0. The van der Waals surface area contributed by atoms with Crippen LogP contribution in [0.25, 0.3) is 11.2 Å². The molecule has 4 unspecified atom stereocenters. The number of nitrogens with two attached hydrogens (primary N) is 1. The van der Waals surface area contributed by atoms with Gasteiger partial charge in [0.05, 0.1) is 12.9 Å². The van der Waals surface area contributed by atoms with E-state index in [1.807, 2.05) is 0 Å². The van der Waals surface area contributed by atoms with Gasteiger partial charge in [-0.05, 0) is 6.42 Å². The fourth-order valence-corrected chi connectivity index (χ4v) is 3.55. The molecular formula is C15H22N6O6S. The Hall–Kier alpha value is -2.16. The first-order chi connectivity index (χ1) is 13.1. The highest BCUT2D eigenvalue weighted by Gasteiger charge is 2.55. The lowest BCUT2D eigenvalue weighted by molar-refractivity contribution is -0.120. The van der Waals surface area contributed by atoms with Crippen molar-refractivity contribution in [2.24, 2.45) is 0 Å². The monoisotopic (exact) mass is 414 g/mol. The van der Waals surface area contributed by atoms with Crippen LogP contribution in [0, 0.1) is 0 Å². The third kappa shape index (κ3) is 3.36. The van der Waals surface area contributed by atoms with Crippen LogP contribution in [0.1, 0.15) is 12.6 Å². The van der Waals surface area contributed by atoms with Crippen LogP contribution in [-0.4, -0.2) is 81.0 Å². The molecule has 0 bridgehead atoms. The molecule has 1 aliphatic heterocycles. The quantitative estimate of drug-likeness (QED) is 0.468. The molecule has 4 N–H and O–H groups in total. The summed E-state index contributed by atoms with van der Waals surface area (Å²) in [5.41, 5.74) is 4.82. The zero-order chi connectivity index (χ0) is 20.7. The van der Waals surface area contributed by atoms with Gasteiger partial charge in [0.2, 0.25) is 0 Å². The molecule has 3 rings (SSSR count). The Morgan fingerprint density at radius 3 is 2.79 bits per heavy atom. The van der Waals surface area contributed by atoms with Crippen LogP contribution in [0.3, 0.4) is 0 Å². The van der Waals surface area contributed by atoms with Crippen LogP contribution in [0.4, 0.5) is 5.82 Å². The predicted molar refractivity (Wildman–Crippen MR) is 98.0 cm³/mol. The molecule has 0 spiro atoms. The Balaban J connectivity index is 1.96. The molecule has 1 saturated heterocycles. The number of fused-ring (bicyclic) bond motifs is 1. The highest BCUT2D eigenvalue weighted by Crippen LogP contribution is 2.41. The van der Waals surface area contributed by atoms with Crippen LogP contribution in [0.2, 0.25) is 0 Å². The maximum Gasteiger partial charge on any atom is 0.337 e. The zero-order valence-corrected chi connectivity index (χ0v) is 16.2. The average molecular weight is 414 g/mol. The average Bonchev–Trinajstić information content (AvgIpc) is 3.17. The Bertz CT molecular complexity index is 979. The number of nitrogen functional groups attached to an aromatic ring is 1. The summed E-state index contributed by atoms with van der Waals surface area (Å²) < 4.78 is 37.2. The molecule has 13 heteroatoms. The molecule has 0 radical (unpaired) electrons. The molecule has 1 fully saturated rings. The second-order valence-corrected chi connectivity index (χ2v) is 8.41. The summed E-state index contributed by atoms with van der Waals surface area (Å²) >= 11 is 0. The van der Waals surface area contributed by atoms with E-state index in [-0.39, 0.29) is 12.2 Å². The van der Waals surface area contributed by atoms with E-state index in [1.54, 1.807) is 0 Å². The summed E-state index contributed by atoms with van der Waals surface area (Å²) in [4.78, 5) is 12.0. The van der Waals surface area contributed by atoms with Gasteiger partial charge < -0.3 is 20.7 Å². The third-order valence-electron chi connectivity index (χ3n) is 4.56. The molecule has 3 heterocycles. The molecule has 4 atom stereocenters. The molecule has 0 aromatic carbocycles. The first-order valence-electron chi connectivity index (χ1n) is 8.27. The second-order valence-electron chi connectivity index (χ2n) is 6.59. The fraction of sp³-hybridized carbons (Fsp3) is 0.533. The molecule has 12 nitrogen and oxygen atoms in total. The van der Waals surface area contributed by atoms with Crippen LogP contribution >= 0.6 is 0 Å². The van der Waals surface area contributed by atoms with Crippen LogP contribution in [0.5, 0.6) is 0 Å². The number of imidazole rings is 1. The zero-order valence-electron chi connectivity index (χ0n) is 15.3. The third-order valence-corrected chi connectivity index (χ3v) is 5.87. The van der Waals surface area contributed by atoms with Crippen molar-refractivity contribution in [3.63, 3.8) is 0 Å². The van der Waals surface area contributed by atoms with E-state index in [9.17, 15) is 18.6 Å². The van der Waals surface area contributed by atoms with Gasteiger partial charge in [0.1, 0.15) is 29.7 Å². The van der Waals surface area contributed by atoms with Crippen LogP contribution in [-0.2, 0) is 19.2 Å². The number of ether oxygens (including phenoxy) is 1. The summed E-state index contributed by atoms with van der Waals surface area (Å²) in [6.45, 7) is 3.08. The largest absolute Gasteiger partial charge is 0.387 e. The lowest BCUT2D eigenvalue weighted by atomic mass is 9.92. The van der Waals surface area contributed by atoms with E-state index in [0.717, 1.165) is 4.31 Å². The van der Waals surface area contributed by atoms with Gasteiger partial charge in [-0.25, -0.2) is 15.0 Å². The van der Waals surface area contributed by atoms with E-state index in [0.29, 0.717) is 11.2 Å². The standard InChI is InChI=1S/C15H22N6O6S/c1-4-5-15(6-26-28(24,25)20(2)3)11(23)10(22)14(27-15)21-8-19-9-12(16)17-7-18-13(9)21/h4,7-8,10-11,14,22-23H,1,5-6H2,2-3H3,(H2,16,17,18). The Morgan fingerprint density at radius 1 is 1.43 bits per heavy atom. The van der Waals surface area contributed by atoms with Gasteiger partial charge >= 0.3 is 10.3 Å². The predicted octanol–water partition coefficient (Wildman–Crippen LogP) is -1.20. The second kappa shape index (κ2) is 7.35. The van der Waals surface area contributed by atoms with Gasteiger partial charge in [-0.3, -0.25) is 8.75 Å². The molecule has 28 heavy (non-hydrogen) atoms. The van der Waals surface area contributed by atoms with Crippen LogP contribution in [0.15, 0.2) is 25.3 Å². The topological polar surface area (TPSA) is 166 Å². The number of nitrogens with zero attached hydrogens (tertiary/aromatic N) is 5. The van der Waals surface area contributed by atoms with Crippen molar-refractivity contribution in [3.05, 3.63) is 25.3 Å². The maximum atomic E-state index is 12.0. The molecule has 154 valence electrons. The number of aliphatic hydroxyl groups is 2. The van der Waals surface area contributed by atoms with E-state index >= 15 is 0 Å². The molecule has 0 amide bonds. The van der Waals surface area contributed by atoms with Crippen molar-refractivity contribution < 1.29 is 27.6 Å². The minimum absolute atomic E-state index is 0.0222. The number of rotatable bonds is 7. The summed E-state index contributed by atoms with van der Waals surface area (Å²) in [5, 5.41) is 21.3. The minimum atomic E-state index is -4.02. The SMILES string of the molecule is C=CCC1(COS(=O)(=O)N(C)C)OC(n2cnc3c(N)ncnc32)C(O)C1O.